The molecule has 1 spiro atoms. The van der Waals surface area contributed by atoms with Gasteiger partial charge >= 0.3 is 0 Å². The molecule has 7 fully saturated rings. The maximum Gasteiger partial charge on any atom is 0.133 e. The number of hydrogen-bond donors (Lipinski definition) is 0. The summed E-state index contributed by atoms with van der Waals surface area (Å²) in [6, 6.07) is 0. The van der Waals surface area contributed by atoms with Crippen LogP contribution in [0.15, 0.2) is 0 Å². The van der Waals surface area contributed by atoms with E-state index < -0.39 is 0 Å². The van der Waals surface area contributed by atoms with Gasteiger partial charge in [0.05, 0.1) is 6.61 Å². The molecule has 11 unspecified atom stereocenters. The Morgan fingerprint density at radius 3 is 2.38 bits per heavy atom. The van der Waals surface area contributed by atoms with E-state index in [4.69, 9.17) is 4.74 Å². The summed E-state index contributed by atoms with van der Waals surface area (Å²) in [5.74, 6) is 6.94. The van der Waals surface area contributed by atoms with Crippen LogP contribution in [0.1, 0.15) is 72.1 Å². The zero-order valence-electron chi connectivity index (χ0n) is 16.7. The van der Waals surface area contributed by atoms with Gasteiger partial charge in [0.2, 0.25) is 0 Å². The Morgan fingerprint density at radius 2 is 1.69 bits per heavy atom. The number of hydrogen-bond acceptors (Lipinski definition) is 2. The first-order chi connectivity index (χ1) is 12.4. The number of ether oxygens (including phenoxy) is 1. The van der Waals surface area contributed by atoms with Gasteiger partial charge in [-0.05, 0) is 90.8 Å². The Kier molecular flexibility index (Phi) is 2.48. The summed E-state index contributed by atoms with van der Waals surface area (Å²) in [5.41, 5.74) is 1.46. The van der Waals surface area contributed by atoms with Crippen LogP contribution in [0.3, 0.4) is 0 Å². The quantitative estimate of drug-likeness (QED) is 0.582. The minimum absolute atomic E-state index is 0.292. The average molecular weight is 355 g/mol. The molecule has 1 heterocycles. The fourth-order valence-corrected chi connectivity index (χ4v) is 10.5. The van der Waals surface area contributed by atoms with Crippen LogP contribution in [0.25, 0.3) is 0 Å². The van der Waals surface area contributed by atoms with Crippen molar-refractivity contribution in [3.8, 4) is 0 Å². The fraction of sp³-hybridized carbons (Fsp3) is 0.958. The lowest BCUT2D eigenvalue weighted by molar-refractivity contribution is -0.172. The number of carbonyl (C=O) groups excluding carboxylic acids is 1. The molecule has 0 N–H and O–H groups in total. The molecule has 0 radical (unpaired) electrons. The van der Waals surface area contributed by atoms with Gasteiger partial charge in [-0.1, -0.05) is 20.8 Å². The highest BCUT2D eigenvalue weighted by molar-refractivity contribution is 5.80. The molecule has 2 nitrogen and oxygen atoms in total. The largest absolute Gasteiger partial charge is 0.369 e. The van der Waals surface area contributed by atoms with Crippen molar-refractivity contribution in [1.82, 2.24) is 0 Å². The van der Waals surface area contributed by atoms with Crippen LogP contribution in [-0.4, -0.2) is 18.0 Å². The van der Waals surface area contributed by atoms with Crippen LogP contribution in [0.5, 0.6) is 0 Å². The zero-order chi connectivity index (χ0) is 17.7. The molecule has 1 saturated heterocycles. The molecular weight excluding hydrogens is 320 g/mol. The van der Waals surface area contributed by atoms with Crippen LogP contribution < -0.4 is 0 Å². The number of ketones is 1. The SMILES string of the molecule is CC12CC(=O)CCC1(C)C1CCC3(C)C(C4CCC4C34CO4)C1C1CC12. The van der Waals surface area contributed by atoms with Crippen LogP contribution in [0.4, 0.5) is 0 Å². The van der Waals surface area contributed by atoms with E-state index in [9.17, 15) is 4.79 Å². The Morgan fingerprint density at radius 1 is 0.885 bits per heavy atom. The highest BCUT2D eigenvalue weighted by atomic mass is 16.6. The van der Waals surface area contributed by atoms with E-state index in [1.165, 1.54) is 38.5 Å². The van der Waals surface area contributed by atoms with Crippen molar-refractivity contribution in [2.45, 2.75) is 77.7 Å². The molecule has 0 bridgehead atoms. The van der Waals surface area contributed by atoms with Gasteiger partial charge in [-0.15, -0.1) is 0 Å². The minimum Gasteiger partial charge on any atom is -0.369 e. The second kappa shape index (κ2) is 4.14. The Balaban J connectivity index is 1.35. The van der Waals surface area contributed by atoms with Gasteiger partial charge in [0.15, 0.2) is 0 Å². The normalized spacial score (nSPS) is 69.7. The number of rotatable bonds is 0. The lowest BCUT2D eigenvalue weighted by atomic mass is 9.40. The van der Waals surface area contributed by atoms with E-state index in [0.717, 1.165) is 60.9 Å². The van der Waals surface area contributed by atoms with Crippen LogP contribution in [-0.2, 0) is 9.53 Å². The third kappa shape index (κ3) is 1.35. The molecule has 1 aliphatic heterocycles. The minimum atomic E-state index is 0.292. The van der Waals surface area contributed by atoms with Gasteiger partial charge < -0.3 is 4.74 Å². The highest BCUT2D eigenvalue weighted by Gasteiger charge is 2.81. The van der Waals surface area contributed by atoms with Crippen molar-refractivity contribution in [3.05, 3.63) is 0 Å². The van der Waals surface area contributed by atoms with E-state index >= 15 is 0 Å². The molecule has 6 aliphatic carbocycles. The van der Waals surface area contributed by atoms with Gasteiger partial charge in [0.25, 0.3) is 0 Å². The monoisotopic (exact) mass is 354 g/mol. The molecule has 0 aromatic rings. The standard InChI is InChI=1S/C24H34O2/c1-21-8-6-13(25)11-23(21,3)18-10-15(18)19-17(21)7-9-22(2)20(19)14-4-5-16(14)24(22)12-26-24/h14-20H,4-12H2,1-3H3. The summed E-state index contributed by atoms with van der Waals surface area (Å²) in [6.45, 7) is 8.84. The first-order valence-corrected chi connectivity index (χ1v) is 11.5. The zero-order valence-corrected chi connectivity index (χ0v) is 16.7. The molecule has 7 aliphatic rings. The molecular formula is C24H34O2. The third-order valence-corrected chi connectivity index (χ3v) is 12.2. The lowest BCUT2D eigenvalue weighted by Gasteiger charge is -2.64. The van der Waals surface area contributed by atoms with Crippen molar-refractivity contribution in [1.29, 1.82) is 0 Å². The number of carbonyl (C=O) groups is 1. The topological polar surface area (TPSA) is 29.6 Å². The van der Waals surface area contributed by atoms with Crippen molar-refractivity contribution in [3.63, 3.8) is 0 Å². The predicted octanol–water partition coefficient (Wildman–Crippen LogP) is 4.86. The summed E-state index contributed by atoms with van der Waals surface area (Å²) >= 11 is 0. The Hall–Kier alpha value is -0.370. The van der Waals surface area contributed by atoms with E-state index in [0.29, 0.717) is 27.6 Å². The summed E-state index contributed by atoms with van der Waals surface area (Å²) in [5, 5.41) is 0. The number of epoxide rings is 1. The molecule has 0 aromatic carbocycles. The molecule has 0 amide bonds. The first-order valence-electron chi connectivity index (χ1n) is 11.5. The van der Waals surface area contributed by atoms with Crippen molar-refractivity contribution in [2.24, 2.45) is 57.7 Å². The molecule has 142 valence electrons. The highest BCUT2D eigenvalue weighted by Crippen LogP contribution is 2.83. The molecule has 11 atom stereocenters. The molecule has 26 heavy (non-hydrogen) atoms. The van der Waals surface area contributed by atoms with Gasteiger partial charge in [-0.25, -0.2) is 0 Å². The second-order valence-electron chi connectivity index (χ2n) is 12.2. The summed E-state index contributed by atoms with van der Waals surface area (Å²) in [6.07, 6.45) is 10.1. The lowest BCUT2D eigenvalue weighted by Crippen LogP contribution is -2.60. The molecule has 7 rings (SSSR count). The van der Waals surface area contributed by atoms with Crippen LogP contribution in [0, 0.1) is 57.7 Å². The van der Waals surface area contributed by atoms with E-state index in [-0.39, 0.29) is 0 Å². The molecule has 2 heteroatoms. The summed E-state index contributed by atoms with van der Waals surface area (Å²) in [7, 11) is 0. The van der Waals surface area contributed by atoms with Crippen LogP contribution in [0.2, 0.25) is 0 Å². The smallest absolute Gasteiger partial charge is 0.133 e. The van der Waals surface area contributed by atoms with E-state index in [2.05, 4.69) is 20.8 Å². The maximum absolute atomic E-state index is 12.4. The van der Waals surface area contributed by atoms with Crippen LogP contribution >= 0.6 is 0 Å². The van der Waals surface area contributed by atoms with Gasteiger partial charge in [0.1, 0.15) is 11.4 Å². The third-order valence-electron chi connectivity index (χ3n) is 12.2. The Bertz CT molecular complexity index is 724. The van der Waals surface area contributed by atoms with Gasteiger partial charge in [0, 0.05) is 18.3 Å². The van der Waals surface area contributed by atoms with Gasteiger partial charge in [-0.2, -0.15) is 0 Å². The maximum atomic E-state index is 12.4. The number of Topliss-reactive ketones (excluding diaryl/α,β-unsaturated/α-hetero) is 1. The average Bonchev–Trinajstić information content (AvgIpc) is 3.44. The molecule has 0 aromatic heterocycles. The number of fused-ring (bicyclic) bond motifs is 12. The fourth-order valence-electron chi connectivity index (χ4n) is 10.5. The predicted molar refractivity (Wildman–Crippen MR) is 99.4 cm³/mol. The van der Waals surface area contributed by atoms with Gasteiger partial charge in [-0.3, -0.25) is 4.79 Å². The van der Waals surface area contributed by atoms with E-state index in [1.807, 2.05) is 0 Å². The van der Waals surface area contributed by atoms with Crippen molar-refractivity contribution < 1.29 is 9.53 Å². The molecule has 6 saturated carbocycles. The van der Waals surface area contributed by atoms with Crippen molar-refractivity contribution in [2.75, 3.05) is 6.61 Å². The second-order valence-corrected chi connectivity index (χ2v) is 12.2. The summed E-state index contributed by atoms with van der Waals surface area (Å²) in [4.78, 5) is 12.4. The summed E-state index contributed by atoms with van der Waals surface area (Å²) < 4.78 is 6.31. The van der Waals surface area contributed by atoms with Crippen molar-refractivity contribution >= 4 is 5.78 Å². The van der Waals surface area contributed by atoms with E-state index in [1.54, 1.807) is 0 Å². The Labute approximate surface area is 157 Å². The first kappa shape index (κ1) is 15.5.